The molecular formula is C13H20O2. The average molecular weight is 208 g/mol. The zero-order valence-electron chi connectivity index (χ0n) is 10.2. The smallest absolute Gasteiger partial charge is 0.167 e. The predicted octanol–water partition coefficient (Wildman–Crippen LogP) is 3.76. The average Bonchev–Trinajstić information content (AvgIpc) is 2.31. The van der Waals surface area contributed by atoms with Crippen LogP contribution in [-0.2, 0) is 0 Å². The maximum Gasteiger partial charge on any atom is 0.167 e. The van der Waals surface area contributed by atoms with Gasteiger partial charge in [-0.2, -0.15) is 0 Å². The van der Waals surface area contributed by atoms with E-state index in [1.54, 1.807) is 14.2 Å². The molecule has 0 fully saturated rings. The number of benzene rings is 1. The molecule has 0 aromatic heterocycles. The summed E-state index contributed by atoms with van der Waals surface area (Å²) < 4.78 is 10.4. The van der Waals surface area contributed by atoms with Crippen LogP contribution in [0.4, 0.5) is 0 Å². The van der Waals surface area contributed by atoms with Crippen LogP contribution in [0.2, 0.25) is 0 Å². The van der Waals surface area contributed by atoms with E-state index >= 15 is 0 Å². The Labute approximate surface area is 92.5 Å². The molecule has 0 unspecified atom stereocenters. The first-order valence-electron chi connectivity index (χ1n) is 5.17. The molecule has 0 aliphatic carbocycles. The van der Waals surface area contributed by atoms with Crippen molar-refractivity contribution in [3.63, 3.8) is 0 Å². The number of para-hydroxylation sites is 1. The van der Waals surface area contributed by atoms with Crippen molar-refractivity contribution in [3.8, 4) is 11.5 Å². The molecule has 0 atom stereocenters. The summed E-state index contributed by atoms with van der Waals surface area (Å²) in [5.74, 6) is 1.54. The fourth-order valence-electron chi connectivity index (χ4n) is 1.22. The van der Waals surface area contributed by atoms with Gasteiger partial charge in [0.15, 0.2) is 11.5 Å². The lowest BCUT2D eigenvalue weighted by molar-refractivity contribution is 0.354. The van der Waals surface area contributed by atoms with Gasteiger partial charge < -0.3 is 9.47 Å². The van der Waals surface area contributed by atoms with Crippen molar-refractivity contribution in [2.24, 2.45) is 0 Å². The molecule has 0 radical (unpaired) electrons. The molecule has 0 N–H and O–H groups in total. The van der Waals surface area contributed by atoms with Crippen LogP contribution >= 0.6 is 0 Å². The van der Waals surface area contributed by atoms with Crippen LogP contribution in [0, 0.1) is 0 Å². The van der Waals surface area contributed by atoms with Gasteiger partial charge >= 0.3 is 0 Å². The minimum absolute atomic E-state index is 0.762. The Morgan fingerprint density at radius 3 is 2.20 bits per heavy atom. The molecule has 2 nitrogen and oxygen atoms in total. The summed E-state index contributed by atoms with van der Waals surface area (Å²) in [5.41, 5.74) is 1.03. The van der Waals surface area contributed by atoms with E-state index in [4.69, 9.17) is 9.47 Å². The third-order valence-electron chi connectivity index (χ3n) is 1.78. The molecule has 0 aliphatic heterocycles. The number of rotatable bonds is 3. The monoisotopic (exact) mass is 208 g/mol. The minimum Gasteiger partial charge on any atom is -0.493 e. The van der Waals surface area contributed by atoms with E-state index in [1.807, 2.05) is 51.1 Å². The van der Waals surface area contributed by atoms with Gasteiger partial charge in [0.25, 0.3) is 0 Å². The number of hydrogen-bond acceptors (Lipinski definition) is 2. The van der Waals surface area contributed by atoms with Crippen molar-refractivity contribution < 1.29 is 9.47 Å². The molecule has 0 spiro atoms. The summed E-state index contributed by atoms with van der Waals surface area (Å²) >= 11 is 0. The van der Waals surface area contributed by atoms with Crippen LogP contribution < -0.4 is 9.47 Å². The lowest BCUT2D eigenvalue weighted by atomic mass is 10.1. The highest BCUT2D eigenvalue weighted by molar-refractivity contribution is 5.62. The first kappa shape index (κ1) is 13.6. The van der Waals surface area contributed by atoms with Crippen molar-refractivity contribution >= 4 is 6.08 Å². The molecule has 84 valence electrons. The van der Waals surface area contributed by atoms with E-state index in [0.717, 1.165) is 17.1 Å². The molecule has 0 saturated carbocycles. The topological polar surface area (TPSA) is 18.5 Å². The zero-order chi connectivity index (χ0) is 11.7. The summed E-state index contributed by atoms with van der Waals surface area (Å²) in [4.78, 5) is 0. The fraction of sp³-hybridized carbons (Fsp3) is 0.385. The van der Waals surface area contributed by atoms with Gasteiger partial charge in [-0.3, -0.25) is 0 Å². The number of ether oxygens (including phenoxy) is 2. The van der Waals surface area contributed by atoms with E-state index in [9.17, 15) is 0 Å². The largest absolute Gasteiger partial charge is 0.493 e. The second-order valence-corrected chi connectivity index (χ2v) is 2.58. The van der Waals surface area contributed by atoms with Crippen molar-refractivity contribution in [1.82, 2.24) is 0 Å². The van der Waals surface area contributed by atoms with E-state index in [-0.39, 0.29) is 0 Å². The SMILES string of the molecule is C/C=C/c1cccc(OC)c1OC.CC. The van der Waals surface area contributed by atoms with E-state index in [0.29, 0.717) is 0 Å². The molecule has 2 heteroatoms. The van der Waals surface area contributed by atoms with Gasteiger partial charge in [-0.25, -0.2) is 0 Å². The highest BCUT2D eigenvalue weighted by Crippen LogP contribution is 2.31. The minimum atomic E-state index is 0.762. The van der Waals surface area contributed by atoms with Crippen molar-refractivity contribution in [3.05, 3.63) is 29.8 Å². The van der Waals surface area contributed by atoms with E-state index in [2.05, 4.69) is 0 Å². The van der Waals surface area contributed by atoms with Crippen molar-refractivity contribution in [2.45, 2.75) is 20.8 Å². The third-order valence-corrected chi connectivity index (χ3v) is 1.78. The zero-order valence-corrected chi connectivity index (χ0v) is 10.2. The standard InChI is InChI=1S/C11H14O2.C2H6/c1-4-6-9-7-5-8-10(12-2)11(9)13-3;1-2/h4-8H,1-3H3;1-2H3/b6-4+;. The van der Waals surface area contributed by atoms with Crippen molar-refractivity contribution in [1.29, 1.82) is 0 Å². The molecule has 1 aromatic rings. The maximum atomic E-state index is 5.24. The van der Waals surface area contributed by atoms with E-state index < -0.39 is 0 Å². The summed E-state index contributed by atoms with van der Waals surface area (Å²) in [6.45, 7) is 5.97. The molecule has 0 bridgehead atoms. The van der Waals surface area contributed by atoms with E-state index in [1.165, 1.54) is 0 Å². The first-order chi connectivity index (χ1) is 7.33. The molecule has 1 rings (SSSR count). The highest BCUT2D eigenvalue weighted by Gasteiger charge is 2.05. The van der Waals surface area contributed by atoms with Gasteiger partial charge in [0.1, 0.15) is 0 Å². The Morgan fingerprint density at radius 2 is 1.73 bits per heavy atom. The summed E-state index contributed by atoms with van der Waals surface area (Å²) in [6.07, 6.45) is 3.96. The lowest BCUT2D eigenvalue weighted by Gasteiger charge is -2.09. The lowest BCUT2D eigenvalue weighted by Crippen LogP contribution is -1.92. The molecule has 15 heavy (non-hydrogen) atoms. The Hall–Kier alpha value is -1.44. The van der Waals surface area contributed by atoms with Gasteiger partial charge in [0.2, 0.25) is 0 Å². The van der Waals surface area contributed by atoms with Gasteiger partial charge in [0.05, 0.1) is 14.2 Å². The normalized spacial score (nSPS) is 9.40. The van der Waals surface area contributed by atoms with Gasteiger partial charge in [-0.1, -0.05) is 38.1 Å². The number of methoxy groups -OCH3 is 2. The van der Waals surface area contributed by atoms with Crippen LogP contribution in [0.5, 0.6) is 11.5 Å². The summed E-state index contributed by atoms with van der Waals surface area (Å²) in [6, 6.07) is 5.81. The Morgan fingerprint density at radius 1 is 1.07 bits per heavy atom. The second-order valence-electron chi connectivity index (χ2n) is 2.58. The van der Waals surface area contributed by atoms with Crippen LogP contribution in [0.15, 0.2) is 24.3 Å². The molecule has 0 heterocycles. The fourth-order valence-corrected chi connectivity index (χ4v) is 1.22. The molecule has 0 saturated heterocycles. The van der Waals surface area contributed by atoms with Crippen molar-refractivity contribution in [2.75, 3.05) is 14.2 Å². The number of hydrogen-bond donors (Lipinski definition) is 0. The molecule has 1 aromatic carbocycles. The quantitative estimate of drug-likeness (QED) is 0.753. The Kier molecular flexibility index (Phi) is 7.16. The first-order valence-corrected chi connectivity index (χ1v) is 5.17. The molecule has 0 aliphatic rings. The highest BCUT2D eigenvalue weighted by atomic mass is 16.5. The molecular weight excluding hydrogens is 188 g/mol. The number of allylic oxidation sites excluding steroid dienone is 1. The summed E-state index contributed by atoms with van der Waals surface area (Å²) in [5, 5.41) is 0. The van der Waals surface area contributed by atoms with Crippen LogP contribution in [0.25, 0.3) is 6.08 Å². The van der Waals surface area contributed by atoms with Gasteiger partial charge in [0, 0.05) is 5.56 Å². The van der Waals surface area contributed by atoms with Crippen LogP contribution in [0.3, 0.4) is 0 Å². The Balaban J connectivity index is 0.000000921. The third kappa shape index (κ3) is 3.66. The maximum absolute atomic E-state index is 5.24. The second kappa shape index (κ2) is 7.92. The summed E-state index contributed by atoms with van der Waals surface area (Å²) in [7, 11) is 3.28. The van der Waals surface area contributed by atoms with Gasteiger partial charge in [-0.15, -0.1) is 0 Å². The predicted molar refractivity (Wildman–Crippen MR) is 65.6 cm³/mol. The van der Waals surface area contributed by atoms with Gasteiger partial charge in [-0.05, 0) is 13.0 Å². The Bertz CT molecular complexity index is 303. The van der Waals surface area contributed by atoms with Crippen LogP contribution in [-0.4, -0.2) is 14.2 Å². The van der Waals surface area contributed by atoms with Crippen LogP contribution in [0.1, 0.15) is 26.3 Å². The molecule has 0 amide bonds.